The van der Waals surface area contributed by atoms with Crippen LogP contribution in [0.4, 0.5) is 0 Å². The molecule has 172 valence electrons. The maximum atomic E-state index is 12.8. The molecule has 2 heterocycles. The minimum atomic E-state index is -0.0808. The van der Waals surface area contributed by atoms with E-state index in [2.05, 4.69) is 15.1 Å². The molecule has 1 saturated carbocycles. The third kappa shape index (κ3) is 5.77. The van der Waals surface area contributed by atoms with Crippen molar-refractivity contribution in [2.75, 3.05) is 52.4 Å². The topological polar surface area (TPSA) is 65.1 Å². The Morgan fingerprint density at radius 2 is 1.87 bits per heavy atom. The standard InChI is InChI=1S/C24H36N4O3.H2/c1-2-31-22-9-5-6-19(16-22)24(30)25-20-10-11-26(17-20)18-23(29)28-14-12-27(13-15-28)21-7-3-4-8-21;/h5-6,9,16,20-21H,2-4,7-8,10-15,17-18H2,1H3,(H,25,30);1H. The second-order valence-corrected chi connectivity index (χ2v) is 9.01. The Kier molecular flexibility index (Phi) is 7.45. The van der Waals surface area contributed by atoms with Gasteiger partial charge in [-0.3, -0.25) is 19.4 Å². The van der Waals surface area contributed by atoms with E-state index in [1.165, 1.54) is 25.7 Å². The predicted octanol–water partition coefficient (Wildman–Crippen LogP) is 2.22. The molecule has 31 heavy (non-hydrogen) atoms. The number of piperazine rings is 1. The van der Waals surface area contributed by atoms with Crippen LogP contribution in [0, 0.1) is 0 Å². The van der Waals surface area contributed by atoms with E-state index in [1.807, 2.05) is 24.0 Å². The molecule has 1 N–H and O–H groups in total. The van der Waals surface area contributed by atoms with Crippen LogP contribution < -0.4 is 10.1 Å². The normalized spacial score (nSPS) is 23.3. The Morgan fingerprint density at radius 3 is 2.61 bits per heavy atom. The van der Waals surface area contributed by atoms with Crippen molar-refractivity contribution in [2.24, 2.45) is 0 Å². The molecular weight excluding hydrogens is 392 g/mol. The summed E-state index contributed by atoms with van der Waals surface area (Å²) in [6.45, 7) is 8.24. The van der Waals surface area contributed by atoms with Crippen molar-refractivity contribution >= 4 is 11.8 Å². The molecule has 0 radical (unpaired) electrons. The van der Waals surface area contributed by atoms with Gasteiger partial charge in [-0.15, -0.1) is 0 Å². The maximum Gasteiger partial charge on any atom is 0.251 e. The number of rotatable bonds is 7. The molecule has 0 spiro atoms. The number of carbonyl (C=O) groups is 2. The van der Waals surface area contributed by atoms with Gasteiger partial charge in [0.05, 0.1) is 13.2 Å². The van der Waals surface area contributed by atoms with Crippen LogP contribution in [-0.4, -0.2) is 91.0 Å². The zero-order valence-corrected chi connectivity index (χ0v) is 18.7. The molecule has 0 aromatic heterocycles. The lowest BCUT2D eigenvalue weighted by molar-refractivity contribution is -0.134. The Morgan fingerprint density at radius 1 is 1.10 bits per heavy atom. The third-order valence-electron chi connectivity index (χ3n) is 6.88. The number of hydrogen-bond acceptors (Lipinski definition) is 5. The van der Waals surface area contributed by atoms with E-state index < -0.39 is 0 Å². The molecule has 1 unspecified atom stereocenters. The van der Waals surface area contributed by atoms with Crippen LogP contribution in [0.25, 0.3) is 0 Å². The van der Waals surface area contributed by atoms with Crippen LogP contribution in [-0.2, 0) is 4.79 Å². The van der Waals surface area contributed by atoms with Crippen molar-refractivity contribution in [3.63, 3.8) is 0 Å². The molecule has 3 aliphatic rings. The van der Waals surface area contributed by atoms with Crippen molar-refractivity contribution in [2.45, 2.75) is 51.1 Å². The summed E-state index contributed by atoms with van der Waals surface area (Å²) in [7, 11) is 0. The molecule has 1 aromatic rings. The van der Waals surface area contributed by atoms with Crippen molar-refractivity contribution in [1.29, 1.82) is 0 Å². The van der Waals surface area contributed by atoms with Gasteiger partial charge in [-0.05, 0) is 44.4 Å². The second kappa shape index (κ2) is 10.5. The van der Waals surface area contributed by atoms with Gasteiger partial charge < -0.3 is 15.0 Å². The van der Waals surface area contributed by atoms with Gasteiger partial charge in [-0.2, -0.15) is 0 Å². The quantitative estimate of drug-likeness (QED) is 0.719. The first kappa shape index (κ1) is 22.1. The maximum absolute atomic E-state index is 12.8. The van der Waals surface area contributed by atoms with E-state index in [0.717, 1.165) is 51.7 Å². The minimum absolute atomic E-state index is 0. The fraction of sp³-hybridized carbons (Fsp3) is 0.667. The summed E-state index contributed by atoms with van der Waals surface area (Å²) in [4.78, 5) is 32.2. The molecule has 3 fully saturated rings. The zero-order chi connectivity index (χ0) is 21.6. The van der Waals surface area contributed by atoms with Gasteiger partial charge in [0, 0.05) is 58.3 Å². The van der Waals surface area contributed by atoms with Gasteiger partial charge in [-0.25, -0.2) is 0 Å². The molecule has 4 rings (SSSR count). The smallest absolute Gasteiger partial charge is 0.251 e. The van der Waals surface area contributed by atoms with E-state index in [0.29, 0.717) is 24.5 Å². The van der Waals surface area contributed by atoms with E-state index in [-0.39, 0.29) is 19.3 Å². The fourth-order valence-corrected chi connectivity index (χ4v) is 5.15. The number of nitrogens with one attached hydrogen (secondary N) is 1. The number of benzene rings is 1. The van der Waals surface area contributed by atoms with Crippen molar-refractivity contribution in [1.82, 2.24) is 20.0 Å². The van der Waals surface area contributed by atoms with Gasteiger partial charge in [0.25, 0.3) is 5.91 Å². The summed E-state index contributed by atoms with van der Waals surface area (Å²) in [5.74, 6) is 0.854. The molecular formula is C24H38N4O3. The molecule has 2 aliphatic heterocycles. The largest absolute Gasteiger partial charge is 0.494 e. The highest BCUT2D eigenvalue weighted by atomic mass is 16.5. The summed E-state index contributed by atoms with van der Waals surface area (Å²) in [6, 6.07) is 8.10. The summed E-state index contributed by atoms with van der Waals surface area (Å²) < 4.78 is 5.49. The van der Waals surface area contributed by atoms with Crippen LogP contribution in [0.2, 0.25) is 0 Å². The van der Waals surface area contributed by atoms with Crippen LogP contribution >= 0.6 is 0 Å². The summed E-state index contributed by atoms with van der Waals surface area (Å²) in [5, 5.41) is 3.12. The molecule has 2 amide bonds. The molecule has 7 nitrogen and oxygen atoms in total. The number of likely N-dealkylation sites (tertiary alicyclic amines) is 1. The summed E-state index contributed by atoms with van der Waals surface area (Å²) in [5.41, 5.74) is 0.612. The Labute approximate surface area is 187 Å². The van der Waals surface area contributed by atoms with Gasteiger partial charge in [-0.1, -0.05) is 18.9 Å². The second-order valence-electron chi connectivity index (χ2n) is 9.01. The number of ether oxygens (including phenoxy) is 1. The first-order chi connectivity index (χ1) is 15.1. The van der Waals surface area contributed by atoms with Crippen LogP contribution in [0.5, 0.6) is 5.75 Å². The summed E-state index contributed by atoms with van der Waals surface area (Å²) in [6.07, 6.45) is 6.23. The SMILES string of the molecule is CCOc1cccc(C(=O)NC2CCN(CC(=O)N3CCN(C4CCCC4)CC3)C2)c1.[HH]. The number of hydrogen-bond donors (Lipinski definition) is 1. The van der Waals surface area contributed by atoms with Crippen molar-refractivity contribution in [3.05, 3.63) is 29.8 Å². The van der Waals surface area contributed by atoms with Gasteiger partial charge in [0.1, 0.15) is 5.75 Å². The predicted molar refractivity (Wildman–Crippen MR) is 122 cm³/mol. The molecule has 1 aliphatic carbocycles. The first-order valence-corrected chi connectivity index (χ1v) is 11.9. The van der Waals surface area contributed by atoms with E-state index >= 15 is 0 Å². The van der Waals surface area contributed by atoms with Crippen LogP contribution in [0.15, 0.2) is 24.3 Å². The Balaban J connectivity index is 0.00000289. The average Bonchev–Trinajstić information content (AvgIpc) is 3.47. The molecule has 1 atom stereocenters. The van der Waals surface area contributed by atoms with Gasteiger partial charge in [0.2, 0.25) is 5.91 Å². The number of amides is 2. The molecule has 0 bridgehead atoms. The third-order valence-corrected chi connectivity index (χ3v) is 6.88. The lowest BCUT2D eigenvalue weighted by Gasteiger charge is -2.38. The van der Waals surface area contributed by atoms with E-state index in [4.69, 9.17) is 4.74 Å². The van der Waals surface area contributed by atoms with Crippen molar-refractivity contribution < 1.29 is 15.8 Å². The average molecular weight is 431 g/mol. The van der Waals surface area contributed by atoms with E-state index in [9.17, 15) is 9.59 Å². The molecule has 7 heteroatoms. The molecule has 1 aromatic carbocycles. The van der Waals surface area contributed by atoms with Gasteiger partial charge >= 0.3 is 0 Å². The number of carbonyl (C=O) groups excluding carboxylic acids is 2. The number of nitrogens with zero attached hydrogens (tertiary/aromatic N) is 3. The minimum Gasteiger partial charge on any atom is -0.494 e. The Hall–Kier alpha value is -2.12. The monoisotopic (exact) mass is 430 g/mol. The van der Waals surface area contributed by atoms with Crippen LogP contribution in [0.1, 0.15) is 50.8 Å². The highest BCUT2D eigenvalue weighted by Gasteiger charge is 2.30. The highest BCUT2D eigenvalue weighted by Crippen LogP contribution is 2.24. The fourth-order valence-electron chi connectivity index (χ4n) is 5.15. The highest BCUT2D eigenvalue weighted by molar-refractivity contribution is 5.94. The zero-order valence-electron chi connectivity index (χ0n) is 18.7. The van der Waals surface area contributed by atoms with E-state index in [1.54, 1.807) is 12.1 Å². The first-order valence-electron chi connectivity index (χ1n) is 11.9. The van der Waals surface area contributed by atoms with Crippen molar-refractivity contribution in [3.8, 4) is 5.75 Å². The molecule has 2 saturated heterocycles. The summed E-state index contributed by atoms with van der Waals surface area (Å²) >= 11 is 0. The lowest BCUT2D eigenvalue weighted by Crippen LogP contribution is -2.53. The lowest BCUT2D eigenvalue weighted by atomic mass is 10.1. The van der Waals surface area contributed by atoms with Gasteiger partial charge in [0.15, 0.2) is 0 Å². The van der Waals surface area contributed by atoms with Crippen LogP contribution in [0.3, 0.4) is 0 Å². The Bertz CT molecular complexity index is 763.